The van der Waals surface area contributed by atoms with E-state index in [9.17, 15) is 18.0 Å². The van der Waals surface area contributed by atoms with Gasteiger partial charge in [0.1, 0.15) is 16.7 Å². The lowest BCUT2D eigenvalue weighted by molar-refractivity contribution is -0.119. The molecule has 3 aromatic carbocycles. The van der Waals surface area contributed by atoms with Gasteiger partial charge >= 0.3 is 0 Å². The van der Waals surface area contributed by atoms with Crippen LogP contribution in [0.3, 0.4) is 0 Å². The van der Waals surface area contributed by atoms with Gasteiger partial charge in [0.2, 0.25) is 15.7 Å². The molecule has 1 atom stereocenters. The lowest BCUT2D eigenvalue weighted by atomic mass is 9.96. The van der Waals surface area contributed by atoms with Crippen LogP contribution in [0.25, 0.3) is 5.57 Å². The molecule has 0 spiro atoms. The third-order valence-electron chi connectivity index (χ3n) is 6.34. The normalized spacial score (nSPS) is 17.6. The number of thioether (sulfide) groups is 1. The zero-order valence-corrected chi connectivity index (χ0v) is 22.4. The Morgan fingerprint density at radius 1 is 0.921 bits per heavy atom. The topological polar surface area (TPSA) is 98.8 Å². The number of amides is 2. The van der Waals surface area contributed by atoms with Gasteiger partial charge in [0, 0.05) is 28.5 Å². The molecule has 0 saturated carbocycles. The van der Waals surface area contributed by atoms with E-state index in [1.165, 1.54) is 5.41 Å². The smallest absolute Gasteiger partial charge is 0.286 e. The molecule has 1 saturated heterocycles. The molecule has 0 radical (unpaired) electrons. The van der Waals surface area contributed by atoms with E-state index < -0.39 is 15.1 Å². The number of hydrogen-bond acceptors (Lipinski definition) is 7. The summed E-state index contributed by atoms with van der Waals surface area (Å²) in [5.74, 6) is 0.932. The zero-order valence-electron chi connectivity index (χ0n) is 20.8. The van der Waals surface area contributed by atoms with Gasteiger partial charge in [0.25, 0.3) is 5.24 Å². The summed E-state index contributed by atoms with van der Waals surface area (Å²) in [5.41, 5.74) is 3.76. The highest BCUT2D eigenvalue weighted by atomic mass is 32.2. The summed E-state index contributed by atoms with van der Waals surface area (Å²) in [4.78, 5) is 23.6. The van der Waals surface area contributed by atoms with Gasteiger partial charge < -0.3 is 9.47 Å². The summed E-state index contributed by atoms with van der Waals surface area (Å²) >= 11 is 0.968. The largest absolute Gasteiger partial charge is 0.493 e. The number of fused-ring (bicyclic) bond motifs is 1. The summed E-state index contributed by atoms with van der Waals surface area (Å²) in [6.45, 7) is 2.79. The molecule has 2 amide bonds. The Morgan fingerprint density at radius 2 is 1.66 bits per heavy atom. The maximum absolute atomic E-state index is 13.2. The van der Waals surface area contributed by atoms with E-state index in [2.05, 4.69) is 5.32 Å². The first kappa shape index (κ1) is 26.1. The Kier molecular flexibility index (Phi) is 7.58. The van der Waals surface area contributed by atoms with E-state index in [1.54, 1.807) is 24.3 Å². The number of hydrogen-bond donors (Lipinski definition) is 1. The monoisotopic (exact) mass is 549 g/mol. The Labute approximate surface area is 226 Å². The molecule has 0 bridgehead atoms. The lowest BCUT2D eigenvalue weighted by Gasteiger charge is -2.16. The summed E-state index contributed by atoms with van der Waals surface area (Å²) in [6.07, 6.45) is 1.98. The first-order valence-electron chi connectivity index (χ1n) is 12.4. The van der Waals surface area contributed by atoms with Crippen molar-refractivity contribution < 1.29 is 27.5 Å². The van der Waals surface area contributed by atoms with Crippen LogP contribution >= 0.6 is 11.8 Å². The van der Waals surface area contributed by atoms with Crippen molar-refractivity contribution in [2.75, 3.05) is 13.2 Å². The van der Waals surface area contributed by atoms with E-state index >= 15 is 0 Å². The van der Waals surface area contributed by atoms with Crippen LogP contribution in [0.5, 0.6) is 11.5 Å². The van der Waals surface area contributed by atoms with Crippen LogP contribution in [0.1, 0.15) is 47.3 Å². The van der Waals surface area contributed by atoms with Gasteiger partial charge in [-0.25, -0.2) is 8.42 Å². The summed E-state index contributed by atoms with van der Waals surface area (Å²) in [6, 6.07) is 20.3. The summed E-state index contributed by atoms with van der Waals surface area (Å²) < 4.78 is 38.2. The number of ether oxygens (including phenoxy) is 2. The molecule has 2 heterocycles. The molecule has 1 N–H and O–H groups in total. The number of benzene rings is 3. The van der Waals surface area contributed by atoms with Crippen molar-refractivity contribution >= 4 is 38.3 Å². The molecule has 2 aliphatic heterocycles. The molecule has 5 rings (SSSR count). The SMILES string of the molecule is CCCc1c(OCCCOc2ccc(C3SC(=O)NC3=O)cc2)ccc2c1S(=O)(=O)C=C2c1ccccc1. The molecule has 3 aromatic rings. The number of sulfone groups is 1. The van der Waals surface area contributed by atoms with Gasteiger partial charge in [-0.05, 0) is 53.6 Å². The lowest BCUT2D eigenvalue weighted by Crippen LogP contribution is -2.20. The molecular formula is C29H27NO6S2. The van der Waals surface area contributed by atoms with E-state index in [1.807, 2.05) is 49.4 Å². The molecule has 1 unspecified atom stereocenters. The van der Waals surface area contributed by atoms with Crippen molar-refractivity contribution in [1.82, 2.24) is 5.32 Å². The maximum atomic E-state index is 13.2. The third-order valence-corrected chi connectivity index (χ3v) is 8.96. The van der Waals surface area contributed by atoms with Crippen LogP contribution in [-0.4, -0.2) is 32.8 Å². The molecule has 1 fully saturated rings. The van der Waals surface area contributed by atoms with Crippen LogP contribution in [0.2, 0.25) is 0 Å². The molecular weight excluding hydrogens is 522 g/mol. The minimum absolute atomic E-state index is 0.306. The number of rotatable bonds is 10. The van der Waals surface area contributed by atoms with E-state index in [4.69, 9.17) is 9.47 Å². The highest BCUT2D eigenvalue weighted by Crippen LogP contribution is 2.43. The van der Waals surface area contributed by atoms with Crippen LogP contribution in [0.4, 0.5) is 4.79 Å². The second-order valence-electron chi connectivity index (χ2n) is 9.01. The minimum atomic E-state index is -3.58. The highest BCUT2D eigenvalue weighted by Gasteiger charge is 2.33. The second-order valence-corrected chi connectivity index (χ2v) is 11.8. The fraction of sp³-hybridized carbons (Fsp3) is 0.241. The first-order chi connectivity index (χ1) is 18.4. The van der Waals surface area contributed by atoms with E-state index in [0.29, 0.717) is 48.0 Å². The fourth-order valence-corrected chi connectivity index (χ4v) is 7.19. The van der Waals surface area contributed by atoms with Crippen molar-refractivity contribution in [1.29, 1.82) is 0 Å². The predicted molar refractivity (Wildman–Crippen MR) is 147 cm³/mol. The van der Waals surface area contributed by atoms with Gasteiger partial charge in [-0.1, -0.05) is 55.8 Å². The maximum Gasteiger partial charge on any atom is 0.286 e. The highest BCUT2D eigenvalue weighted by molar-refractivity contribution is 8.15. The van der Waals surface area contributed by atoms with Gasteiger partial charge in [-0.3, -0.25) is 14.9 Å². The molecule has 7 nitrogen and oxygen atoms in total. The molecule has 38 heavy (non-hydrogen) atoms. The Balaban J connectivity index is 1.22. The van der Waals surface area contributed by atoms with E-state index in [-0.39, 0.29) is 11.1 Å². The molecule has 0 aromatic heterocycles. The van der Waals surface area contributed by atoms with Crippen molar-refractivity contribution in [2.45, 2.75) is 36.3 Å². The average Bonchev–Trinajstić information content (AvgIpc) is 3.40. The predicted octanol–water partition coefficient (Wildman–Crippen LogP) is 5.69. The Hall–Kier alpha value is -3.56. The third kappa shape index (κ3) is 5.35. The van der Waals surface area contributed by atoms with Crippen molar-refractivity contribution in [2.24, 2.45) is 0 Å². The second kappa shape index (κ2) is 11.0. The number of carbonyl (C=O) groups is 2. The van der Waals surface area contributed by atoms with Crippen LogP contribution in [0, 0.1) is 0 Å². The average molecular weight is 550 g/mol. The van der Waals surface area contributed by atoms with Gasteiger partial charge in [-0.15, -0.1) is 0 Å². The van der Waals surface area contributed by atoms with Crippen LogP contribution in [0.15, 0.2) is 77.0 Å². The van der Waals surface area contributed by atoms with Crippen molar-refractivity contribution in [3.8, 4) is 11.5 Å². The van der Waals surface area contributed by atoms with Crippen LogP contribution < -0.4 is 14.8 Å². The summed E-state index contributed by atoms with van der Waals surface area (Å²) in [7, 11) is -3.58. The van der Waals surface area contributed by atoms with Gasteiger partial charge in [0.05, 0.1) is 18.1 Å². The number of nitrogens with one attached hydrogen (secondary N) is 1. The fourth-order valence-electron chi connectivity index (χ4n) is 4.63. The quantitative estimate of drug-likeness (QED) is 0.325. The Bertz CT molecular complexity index is 1500. The standard InChI is InChI=1S/C29H27NO6S2/c1-2-7-23-25(15-14-22-24(18-38(33,34)27(22)23)19-8-4-3-5-9-19)36-17-6-16-35-21-12-10-20(11-13-21)26-28(31)30-29(32)37-26/h3-5,8-15,18,26H,2,6-7,16-17H2,1H3,(H,30,31,32). The molecule has 0 aliphatic carbocycles. The van der Waals surface area contributed by atoms with Crippen molar-refractivity contribution in [3.63, 3.8) is 0 Å². The number of carbonyl (C=O) groups excluding carboxylic acids is 2. The van der Waals surface area contributed by atoms with Crippen molar-refractivity contribution in [3.05, 3.63) is 94.4 Å². The van der Waals surface area contributed by atoms with Gasteiger partial charge in [0.15, 0.2) is 0 Å². The molecule has 2 aliphatic rings. The van der Waals surface area contributed by atoms with E-state index in [0.717, 1.165) is 40.4 Å². The van der Waals surface area contributed by atoms with Crippen LogP contribution in [-0.2, 0) is 21.1 Å². The summed E-state index contributed by atoms with van der Waals surface area (Å²) in [5, 5.41) is 2.78. The van der Waals surface area contributed by atoms with Gasteiger partial charge in [-0.2, -0.15) is 0 Å². The molecule has 196 valence electrons. The number of imide groups is 1. The Morgan fingerprint density at radius 3 is 2.34 bits per heavy atom. The zero-order chi connectivity index (χ0) is 26.7. The molecule has 9 heteroatoms. The first-order valence-corrected chi connectivity index (χ1v) is 14.9. The minimum Gasteiger partial charge on any atom is -0.493 e.